The number of thiazole rings is 1. The largest absolute Gasteiger partial charge is 0.388 e. The molecular formula is C15H24N2O3S. The van der Waals surface area contributed by atoms with Crippen molar-refractivity contribution in [2.75, 3.05) is 13.7 Å². The lowest BCUT2D eigenvalue weighted by molar-refractivity contribution is 0.0247. The smallest absolute Gasteiger partial charge is 0.263 e. The zero-order valence-corrected chi connectivity index (χ0v) is 13.6. The summed E-state index contributed by atoms with van der Waals surface area (Å²) in [6.07, 6.45) is 5.94. The van der Waals surface area contributed by atoms with Gasteiger partial charge < -0.3 is 15.2 Å². The van der Waals surface area contributed by atoms with Crippen LogP contribution in [0.25, 0.3) is 0 Å². The van der Waals surface area contributed by atoms with Gasteiger partial charge >= 0.3 is 0 Å². The fraction of sp³-hybridized carbons (Fsp3) is 0.733. The van der Waals surface area contributed by atoms with E-state index >= 15 is 0 Å². The van der Waals surface area contributed by atoms with E-state index in [1.165, 1.54) is 24.2 Å². The van der Waals surface area contributed by atoms with E-state index in [4.69, 9.17) is 4.74 Å². The van der Waals surface area contributed by atoms with Gasteiger partial charge in [-0.1, -0.05) is 25.7 Å². The third-order valence-electron chi connectivity index (χ3n) is 3.93. The van der Waals surface area contributed by atoms with Crippen LogP contribution in [0.1, 0.15) is 58.9 Å². The number of nitrogens with one attached hydrogen (secondary N) is 1. The Morgan fingerprint density at radius 3 is 2.67 bits per heavy atom. The minimum Gasteiger partial charge on any atom is -0.388 e. The highest BCUT2D eigenvalue weighted by atomic mass is 32.1. The predicted molar refractivity (Wildman–Crippen MR) is 82.5 cm³/mol. The molecule has 0 atom stereocenters. The van der Waals surface area contributed by atoms with Crippen LogP contribution in [0.2, 0.25) is 0 Å². The molecule has 5 nitrogen and oxygen atoms in total. The number of carbonyl (C=O) groups excluding carboxylic acids is 1. The van der Waals surface area contributed by atoms with Gasteiger partial charge in [-0.3, -0.25) is 4.79 Å². The Labute approximate surface area is 129 Å². The minimum atomic E-state index is -0.750. The van der Waals surface area contributed by atoms with E-state index in [0.717, 1.165) is 36.4 Å². The second-order valence-electron chi connectivity index (χ2n) is 5.78. The number of aliphatic hydroxyl groups is 1. The molecular weight excluding hydrogens is 288 g/mol. The topological polar surface area (TPSA) is 71.5 Å². The molecule has 1 aromatic heterocycles. The number of aryl methyl sites for hydroxylation is 1. The fourth-order valence-electron chi connectivity index (χ4n) is 2.74. The molecule has 21 heavy (non-hydrogen) atoms. The quantitative estimate of drug-likeness (QED) is 0.819. The van der Waals surface area contributed by atoms with Crippen LogP contribution in [0.5, 0.6) is 0 Å². The first-order valence-corrected chi connectivity index (χ1v) is 8.31. The predicted octanol–water partition coefficient (Wildman–Crippen LogP) is 2.41. The standard InChI is InChI=1S/C15H24N2O3S/c1-11-13(21-12(17-11)9-20-2)14(18)16-10-15(19)7-5-3-4-6-8-15/h19H,3-10H2,1-2H3,(H,16,18). The minimum absolute atomic E-state index is 0.148. The van der Waals surface area contributed by atoms with Crippen molar-refractivity contribution in [1.82, 2.24) is 10.3 Å². The van der Waals surface area contributed by atoms with E-state index < -0.39 is 5.60 Å². The lowest BCUT2D eigenvalue weighted by Gasteiger charge is -2.26. The van der Waals surface area contributed by atoms with Crippen LogP contribution in [0.4, 0.5) is 0 Å². The first-order valence-electron chi connectivity index (χ1n) is 7.50. The van der Waals surface area contributed by atoms with Gasteiger partial charge in [0.1, 0.15) is 9.88 Å². The summed E-state index contributed by atoms with van der Waals surface area (Å²) in [4.78, 5) is 17.2. The van der Waals surface area contributed by atoms with E-state index in [2.05, 4.69) is 10.3 Å². The van der Waals surface area contributed by atoms with Crippen molar-refractivity contribution >= 4 is 17.2 Å². The van der Waals surface area contributed by atoms with Gasteiger partial charge in [-0.2, -0.15) is 0 Å². The van der Waals surface area contributed by atoms with Gasteiger partial charge in [0.15, 0.2) is 0 Å². The van der Waals surface area contributed by atoms with Crippen LogP contribution < -0.4 is 5.32 Å². The summed E-state index contributed by atoms with van der Waals surface area (Å²) in [5.74, 6) is -0.148. The van der Waals surface area contributed by atoms with Crippen molar-refractivity contribution in [2.45, 2.75) is 57.7 Å². The lowest BCUT2D eigenvalue weighted by Crippen LogP contribution is -2.42. The molecule has 1 amide bonds. The first kappa shape index (κ1) is 16.4. The number of methoxy groups -OCH3 is 1. The van der Waals surface area contributed by atoms with Crippen LogP contribution in [0.15, 0.2) is 0 Å². The summed E-state index contributed by atoms with van der Waals surface area (Å²) in [5, 5.41) is 14.2. The molecule has 0 aliphatic heterocycles. The molecule has 0 unspecified atom stereocenters. The van der Waals surface area contributed by atoms with Crippen molar-refractivity contribution in [2.24, 2.45) is 0 Å². The highest BCUT2D eigenvalue weighted by molar-refractivity contribution is 7.13. The molecule has 1 heterocycles. The molecule has 0 bridgehead atoms. The molecule has 2 N–H and O–H groups in total. The number of ether oxygens (including phenoxy) is 1. The highest BCUT2D eigenvalue weighted by Crippen LogP contribution is 2.26. The first-order chi connectivity index (χ1) is 10.0. The Morgan fingerprint density at radius 2 is 2.05 bits per heavy atom. The van der Waals surface area contributed by atoms with Gasteiger partial charge in [-0.05, 0) is 19.8 Å². The Balaban J connectivity index is 1.94. The molecule has 2 rings (SSSR count). The van der Waals surface area contributed by atoms with E-state index in [0.29, 0.717) is 18.0 Å². The Morgan fingerprint density at radius 1 is 1.38 bits per heavy atom. The van der Waals surface area contributed by atoms with Gasteiger partial charge in [0, 0.05) is 13.7 Å². The maximum absolute atomic E-state index is 12.3. The van der Waals surface area contributed by atoms with Crippen molar-refractivity contribution in [3.05, 3.63) is 15.6 Å². The molecule has 0 spiro atoms. The van der Waals surface area contributed by atoms with Crippen molar-refractivity contribution in [1.29, 1.82) is 0 Å². The van der Waals surface area contributed by atoms with Crippen LogP contribution in [0, 0.1) is 6.92 Å². The normalized spacial score (nSPS) is 18.2. The third-order valence-corrected chi connectivity index (χ3v) is 5.06. The Bertz CT molecular complexity index is 479. The Hall–Kier alpha value is -0.980. The third kappa shape index (κ3) is 4.49. The maximum atomic E-state index is 12.3. The lowest BCUT2D eigenvalue weighted by atomic mass is 9.94. The fourth-order valence-corrected chi connectivity index (χ4v) is 3.69. The summed E-state index contributed by atoms with van der Waals surface area (Å²) in [6, 6.07) is 0. The summed E-state index contributed by atoms with van der Waals surface area (Å²) in [5.41, 5.74) is -0.0301. The zero-order chi connectivity index (χ0) is 15.3. The number of amides is 1. The van der Waals surface area contributed by atoms with Crippen molar-refractivity contribution in [3.63, 3.8) is 0 Å². The summed E-state index contributed by atoms with van der Waals surface area (Å²) < 4.78 is 5.04. The molecule has 0 saturated heterocycles. The molecule has 6 heteroatoms. The van der Waals surface area contributed by atoms with E-state index in [1.807, 2.05) is 6.92 Å². The number of nitrogens with zero attached hydrogens (tertiary/aromatic N) is 1. The second-order valence-corrected chi connectivity index (χ2v) is 6.86. The Kier molecular flexibility index (Phi) is 5.72. The molecule has 118 valence electrons. The number of rotatable bonds is 5. The molecule has 1 aromatic rings. The van der Waals surface area contributed by atoms with E-state index in [-0.39, 0.29) is 5.91 Å². The molecule has 1 fully saturated rings. The second kappa shape index (κ2) is 7.33. The number of hydrogen-bond acceptors (Lipinski definition) is 5. The molecule has 1 saturated carbocycles. The van der Waals surface area contributed by atoms with Crippen molar-refractivity contribution in [3.8, 4) is 0 Å². The zero-order valence-electron chi connectivity index (χ0n) is 12.8. The van der Waals surface area contributed by atoms with Gasteiger partial charge in [-0.15, -0.1) is 11.3 Å². The monoisotopic (exact) mass is 312 g/mol. The van der Waals surface area contributed by atoms with E-state index in [9.17, 15) is 9.90 Å². The van der Waals surface area contributed by atoms with E-state index in [1.54, 1.807) is 7.11 Å². The van der Waals surface area contributed by atoms with Crippen LogP contribution >= 0.6 is 11.3 Å². The van der Waals surface area contributed by atoms with Gasteiger partial charge in [-0.25, -0.2) is 4.98 Å². The maximum Gasteiger partial charge on any atom is 0.263 e. The number of hydrogen-bond donors (Lipinski definition) is 2. The van der Waals surface area contributed by atoms with Crippen molar-refractivity contribution < 1.29 is 14.6 Å². The van der Waals surface area contributed by atoms with Crippen LogP contribution in [-0.4, -0.2) is 35.3 Å². The number of carbonyl (C=O) groups is 1. The van der Waals surface area contributed by atoms with Crippen LogP contribution in [-0.2, 0) is 11.3 Å². The summed E-state index contributed by atoms with van der Waals surface area (Å²) in [6.45, 7) is 2.57. The molecule has 0 radical (unpaired) electrons. The van der Waals surface area contributed by atoms with Gasteiger partial charge in [0.2, 0.25) is 0 Å². The molecule has 1 aliphatic rings. The molecule has 0 aromatic carbocycles. The number of aromatic nitrogens is 1. The van der Waals surface area contributed by atoms with Crippen LogP contribution in [0.3, 0.4) is 0 Å². The molecule has 1 aliphatic carbocycles. The highest BCUT2D eigenvalue weighted by Gasteiger charge is 2.29. The summed E-state index contributed by atoms with van der Waals surface area (Å²) >= 11 is 1.35. The van der Waals surface area contributed by atoms with Gasteiger partial charge in [0.05, 0.1) is 17.9 Å². The SMILES string of the molecule is COCc1nc(C)c(C(=O)NCC2(O)CCCCCC2)s1. The average molecular weight is 312 g/mol. The summed E-state index contributed by atoms with van der Waals surface area (Å²) in [7, 11) is 1.61. The van der Waals surface area contributed by atoms with Gasteiger partial charge in [0.25, 0.3) is 5.91 Å². The average Bonchev–Trinajstić information content (AvgIpc) is 2.68.